The van der Waals surface area contributed by atoms with Crippen molar-refractivity contribution in [2.24, 2.45) is 11.7 Å². The molecule has 3 nitrogen and oxygen atoms in total. The Labute approximate surface area is 132 Å². The van der Waals surface area contributed by atoms with Gasteiger partial charge in [-0.2, -0.15) is 0 Å². The number of anilines is 1. The number of nitrogens with two attached hydrogens (primary N) is 1. The summed E-state index contributed by atoms with van der Waals surface area (Å²) in [5, 5.41) is 0. The van der Waals surface area contributed by atoms with Crippen molar-refractivity contribution in [2.75, 3.05) is 11.9 Å². The molecule has 1 fully saturated rings. The molecule has 1 amide bonds. The Balaban J connectivity index is 1.97. The molecule has 0 unspecified atom stereocenters. The van der Waals surface area contributed by atoms with E-state index in [1.807, 2.05) is 24.3 Å². The van der Waals surface area contributed by atoms with Crippen LogP contribution in [0.3, 0.4) is 0 Å². The molecule has 0 saturated heterocycles. The predicted octanol–water partition coefficient (Wildman–Crippen LogP) is 3.64. The summed E-state index contributed by atoms with van der Waals surface area (Å²) in [4.78, 5) is 14.4. The van der Waals surface area contributed by atoms with Gasteiger partial charge >= 0.3 is 0 Å². The molecule has 1 aliphatic carbocycles. The van der Waals surface area contributed by atoms with Gasteiger partial charge in [-0.1, -0.05) is 56.5 Å². The Morgan fingerprint density at radius 2 is 1.95 bits per heavy atom. The molecule has 1 aromatic rings. The number of carbonyl (C=O) groups excluding carboxylic acids is 1. The summed E-state index contributed by atoms with van der Waals surface area (Å²) in [5.74, 6) is 0.867. The number of para-hydroxylation sites is 1. The summed E-state index contributed by atoms with van der Waals surface area (Å²) in [7, 11) is 1.81. The summed E-state index contributed by atoms with van der Waals surface area (Å²) in [6, 6.07) is 7.55. The largest absolute Gasteiger partial charge is 0.389 e. The number of hydrogen-bond acceptors (Lipinski definition) is 2. The summed E-state index contributed by atoms with van der Waals surface area (Å²) >= 11 is 5.06. The van der Waals surface area contributed by atoms with Crippen LogP contribution in [0.5, 0.6) is 0 Å². The fourth-order valence-corrected chi connectivity index (χ4v) is 3.25. The highest BCUT2D eigenvalue weighted by Crippen LogP contribution is 2.28. The quantitative estimate of drug-likeness (QED) is 0.845. The molecule has 2 rings (SSSR count). The lowest BCUT2D eigenvalue weighted by molar-refractivity contribution is -0.118. The van der Waals surface area contributed by atoms with E-state index in [9.17, 15) is 4.79 Å². The molecule has 1 saturated carbocycles. The molecule has 2 N–H and O–H groups in total. The van der Waals surface area contributed by atoms with Gasteiger partial charge in [-0.15, -0.1) is 0 Å². The highest BCUT2D eigenvalue weighted by Gasteiger charge is 2.18. The second-order valence-corrected chi connectivity index (χ2v) is 6.32. The Morgan fingerprint density at radius 1 is 1.29 bits per heavy atom. The van der Waals surface area contributed by atoms with Gasteiger partial charge in [0, 0.05) is 19.0 Å². The first-order chi connectivity index (χ1) is 10.1. The van der Waals surface area contributed by atoms with Gasteiger partial charge in [0.1, 0.15) is 4.99 Å². The van der Waals surface area contributed by atoms with E-state index in [0.717, 1.165) is 23.6 Å². The number of rotatable bonds is 5. The fourth-order valence-electron chi connectivity index (χ4n) is 3.08. The summed E-state index contributed by atoms with van der Waals surface area (Å²) < 4.78 is 0. The Kier molecular flexibility index (Phi) is 5.74. The zero-order valence-electron chi connectivity index (χ0n) is 12.7. The summed E-state index contributed by atoms with van der Waals surface area (Å²) in [5.41, 5.74) is 7.31. The van der Waals surface area contributed by atoms with Gasteiger partial charge in [-0.3, -0.25) is 4.79 Å². The first kappa shape index (κ1) is 16.0. The Morgan fingerprint density at radius 3 is 2.62 bits per heavy atom. The smallest absolute Gasteiger partial charge is 0.226 e. The van der Waals surface area contributed by atoms with Crippen molar-refractivity contribution in [3.63, 3.8) is 0 Å². The molecule has 0 bridgehead atoms. The minimum atomic E-state index is 0.143. The molecule has 0 radical (unpaired) electrons. The van der Waals surface area contributed by atoms with E-state index in [0.29, 0.717) is 11.4 Å². The van der Waals surface area contributed by atoms with Gasteiger partial charge in [-0.25, -0.2) is 0 Å². The van der Waals surface area contributed by atoms with Gasteiger partial charge in [0.05, 0.1) is 5.69 Å². The average Bonchev–Trinajstić information content (AvgIpc) is 2.52. The van der Waals surface area contributed by atoms with Crippen LogP contribution in [0.4, 0.5) is 5.69 Å². The lowest BCUT2D eigenvalue weighted by Crippen LogP contribution is -2.29. The maximum Gasteiger partial charge on any atom is 0.226 e. The van der Waals surface area contributed by atoms with Crippen molar-refractivity contribution < 1.29 is 4.79 Å². The topological polar surface area (TPSA) is 46.3 Å². The molecular weight excluding hydrogens is 280 g/mol. The van der Waals surface area contributed by atoms with Crippen molar-refractivity contribution in [1.82, 2.24) is 0 Å². The van der Waals surface area contributed by atoms with Gasteiger partial charge < -0.3 is 10.6 Å². The second-order valence-electron chi connectivity index (χ2n) is 5.88. The van der Waals surface area contributed by atoms with E-state index < -0.39 is 0 Å². The normalized spacial score (nSPS) is 15.7. The number of hydrogen-bond donors (Lipinski definition) is 1. The van der Waals surface area contributed by atoms with Crippen LogP contribution < -0.4 is 10.6 Å². The van der Waals surface area contributed by atoms with Gasteiger partial charge in [0.2, 0.25) is 5.91 Å². The number of amides is 1. The molecule has 1 aromatic carbocycles. The Bertz CT molecular complexity index is 509. The van der Waals surface area contributed by atoms with Crippen LogP contribution in [-0.2, 0) is 4.79 Å². The molecular formula is C17H24N2OS. The van der Waals surface area contributed by atoms with Gasteiger partial charge in [0.25, 0.3) is 0 Å². The van der Waals surface area contributed by atoms with Crippen molar-refractivity contribution in [3.05, 3.63) is 29.8 Å². The maximum atomic E-state index is 12.4. The molecule has 1 aliphatic rings. The van der Waals surface area contributed by atoms with Crippen molar-refractivity contribution >= 4 is 28.8 Å². The number of benzene rings is 1. The van der Waals surface area contributed by atoms with E-state index in [-0.39, 0.29) is 5.91 Å². The van der Waals surface area contributed by atoms with Crippen LogP contribution in [-0.4, -0.2) is 17.9 Å². The third kappa shape index (κ3) is 4.27. The van der Waals surface area contributed by atoms with Crippen LogP contribution >= 0.6 is 12.2 Å². The third-order valence-corrected chi connectivity index (χ3v) is 4.62. The first-order valence-electron chi connectivity index (χ1n) is 7.75. The van der Waals surface area contributed by atoms with E-state index in [1.165, 1.54) is 32.1 Å². The Hall–Kier alpha value is -1.42. The lowest BCUT2D eigenvalue weighted by atomic mass is 9.86. The molecule has 0 aromatic heterocycles. The minimum Gasteiger partial charge on any atom is -0.389 e. The zero-order valence-corrected chi connectivity index (χ0v) is 13.5. The van der Waals surface area contributed by atoms with Gasteiger partial charge in [-0.05, 0) is 24.5 Å². The van der Waals surface area contributed by atoms with Crippen LogP contribution in [0.15, 0.2) is 24.3 Å². The molecule has 0 atom stereocenters. The molecule has 114 valence electrons. The first-order valence-corrected chi connectivity index (χ1v) is 8.16. The minimum absolute atomic E-state index is 0.143. The van der Waals surface area contributed by atoms with Crippen molar-refractivity contribution in [2.45, 2.75) is 44.9 Å². The van der Waals surface area contributed by atoms with Crippen LogP contribution in [0.2, 0.25) is 0 Å². The lowest BCUT2D eigenvalue weighted by Gasteiger charge is -2.24. The van der Waals surface area contributed by atoms with E-state index >= 15 is 0 Å². The molecule has 0 aliphatic heterocycles. The zero-order chi connectivity index (χ0) is 15.2. The molecule has 4 heteroatoms. The van der Waals surface area contributed by atoms with Crippen LogP contribution in [0, 0.1) is 5.92 Å². The SMILES string of the molecule is CN(C(=O)CCC1CCCCC1)c1ccccc1C(N)=S. The number of thiocarbonyl (C=S) groups is 1. The highest BCUT2D eigenvalue weighted by atomic mass is 32.1. The average molecular weight is 304 g/mol. The monoisotopic (exact) mass is 304 g/mol. The second kappa shape index (κ2) is 7.55. The maximum absolute atomic E-state index is 12.4. The number of nitrogens with zero attached hydrogens (tertiary/aromatic N) is 1. The van der Waals surface area contributed by atoms with Crippen molar-refractivity contribution in [1.29, 1.82) is 0 Å². The van der Waals surface area contributed by atoms with Crippen molar-refractivity contribution in [3.8, 4) is 0 Å². The number of carbonyl (C=O) groups is 1. The molecule has 0 heterocycles. The molecule has 0 spiro atoms. The van der Waals surface area contributed by atoms with Crippen LogP contribution in [0.1, 0.15) is 50.5 Å². The third-order valence-electron chi connectivity index (χ3n) is 4.40. The van der Waals surface area contributed by atoms with E-state index in [1.54, 1.807) is 11.9 Å². The molecule has 21 heavy (non-hydrogen) atoms. The van der Waals surface area contributed by atoms with E-state index in [2.05, 4.69) is 0 Å². The fraction of sp³-hybridized carbons (Fsp3) is 0.529. The summed E-state index contributed by atoms with van der Waals surface area (Å²) in [6.45, 7) is 0. The highest BCUT2D eigenvalue weighted by molar-refractivity contribution is 7.80. The summed E-state index contributed by atoms with van der Waals surface area (Å²) in [6.07, 6.45) is 8.15. The van der Waals surface area contributed by atoms with Crippen LogP contribution in [0.25, 0.3) is 0 Å². The standard InChI is InChI=1S/C17H24N2OS/c1-19(15-10-6-5-9-14(15)17(18)21)16(20)12-11-13-7-3-2-4-8-13/h5-6,9-10,13H,2-4,7-8,11-12H2,1H3,(H2,18,21). The van der Waals surface area contributed by atoms with Gasteiger partial charge in [0.15, 0.2) is 0 Å². The van der Waals surface area contributed by atoms with E-state index in [4.69, 9.17) is 18.0 Å². The predicted molar refractivity (Wildman–Crippen MR) is 91.5 cm³/mol.